The highest BCUT2D eigenvalue weighted by Gasteiger charge is 2.29. The quantitative estimate of drug-likeness (QED) is 0.328. The summed E-state index contributed by atoms with van der Waals surface area (Å²) in [5.41, 5.74) is 3.52. The van der Waals surface area contributed by atoms with Crippen LogP contribution in [0.4, 0.5) is 0 Å². The molecule has 0 radical (unpaired) electrons. The van der Waals surface area contributed by atoms with E-state index in [2.05, 4.69) is 32.3 Å². The summed E-state index contributed by atoms with van der Waals surface area (Å²) in [7, 11) is 4.25. The topological polar surface area (TPSA) is 0 Å². The molecule has 0 amide bonds. The molecule has 2 heteroatoms. The molecule has 0 aliphatic carbocycles. The highest BCUT2D eigenvalue weighted by Crippen LogP contribution is 2.38. The van der Waals surface area contributed by atoms with Crippen LogP contribution >= 0.6 is 11.6 Å². The van der Waals surface area contributed by atoms with Gasteiger partial charge in [0.05, 0.1) is 26.1 Å². The summed E-state index contributed by atoms with van der Waals surface area (Å²) in [6.45, 7) is 1.01. The summed E-state index contributed by atoms with van der Waals surface area (Å²) in [6, 6.07) is 8.33. The van der Waals surface area contributed by atoms with Gasteiger partial charge in [-0.15, -0.1) is 29.3 Å². The Morgan fingerprint density at radius 1 is 1.33 bits per heavy atom. The predicted octanol–water partition coefficient (Wildman–Crippen LogP) is 2.35. The summed E-state index contributed by atoms with van der Waals surface area (Å²) in [4.78, 5) is 0. The molecule has 0 unspecified atom stereocenters. The van der Waals surface area contributed by atoms with E-state index in [1.54, 1.807) is 0 Å². The minimum atomic E-state index is 0.779. The molecule has 1 aliphatic rings. The van der Waals surface area contributed by atoms with Gasteiger partial charge in [0.1, 0.15) is 0 Å². The molecule has 1 aliphatic heterocycles. The molecule has 64 valence electrons. The number of hydrogen-bond donors (Lipinski definition) is 0. The molecule has 0 saturated carbocycles. The molecule has 12 heavy (non-hydrogen) atoms. The maximum atomic E-state index is 6.22. The van der Waals surface area contributed by atoms with E-state index in [1.165, 1.54) is 11.1 Å². The van der Waals surface area contributed by atoms with Gasteiger partial charge in [0.15, 0.2) is 0 Å². The molecule has 0 fully saturated rings. The van der Waals surface area contributed by atoms with E-state index in [1.807, 2.05) is 6.07 Å². The Morgan fingerprint density at radius 3 is 2.67 bits per heavy atom. The van der Waals surface area contributed by atoms with Crippen LogP contribution in [0.1, 0.15) is 11.1 Å². The van der Waals surface area contributed by atoms with E-state index in [0.29, 0.717) is 0 Å². The van der Waals surface area contributed by atoms with Crippen LogP contribution in [-0.4, -0.2) is 18.6 Å². The lowest BCUT2D eigenvalue weighted by atomic mass is 10.1. The number of nitrogens with zero attached hydrogens (tertiary/aromatic N) is 1. The van der Waals surface area contributed by atoms with Crippen molar-refractivity contribution in [3.8, 4) is 0 Å². The van der Waals surface area contributed by atoms with E-state index in [9.17, 15) is 0 Å². The third-order valence-corrected chi connectivity index (χ3v) is 3.00. The molecule has 0 saturated heterocycles. The molecule has 0 atom stereocenters. The Morgan fingerprint density at radius 2 is 2.00 bits per heavy atom. The second-order valence-electron chi connectivity index (χ2n) is 3.79. The molecule has 2 rings (SSSR count). The fraction of sp³-hybridized carbons (Fsp3) is 0.300. The molecule has 1 heterocycles. The van der Waals surface area contributed by atoms with Crippen molar-refractivity contribution in [2.75, 3.05) is 14.1 Å². The van der Waals surface area contributed by atoms with Crippen LogP contribution in [-0.2, 0) is 6.54 Å². The third kappa shape index (κ3) is 1.01. The Kier molecular flexibility index (Phi) is 1.60. The van der Waals surface area contributed by atoms with Crippen LogP contribution in [0.2, 0.25) is 0 Å². The Hall–Kier alpha value is -0.660. The molecule has 0 N–H and O–H groups in total. The highest BCUT2D eigenvalue weighted by molar-refractivity contribution is 6.28. The number of rotatable bonds is 0. The Balaban J connectivity index is 2.49. The minimum absolute atomic E-state index is 0.779. The van der Waals surface area contributed by atoms with Crippen molar-refractivity contribution < 1.29 is 4.48 Å². The van der Waals surface area contributed by atoms with Crippen LogP contribution in [0.15, 0.2) is 24.3 Å². The van der Waals surface area contributed by atoms with Gasteiger partial charge in [-0.2, -0.15) is 6.07 Å². The Bertz CT molecular complexity index is 306. The van der Waals surface area contributed by atoms with E-state index in [4.69, 9.17) is 11.6 Å². The van der Waals surface area contributed by atoms with Gasteiger partial charge in [-0.05, 0) is 0 Å². The average molecular weight is 182 g/mol. The molecule has 1 aromatic rings. The summed E-state index contributed by atoms with van der Waals surface area (Å²) in [5.74, 6) is 0. The molecule has 1 nitrogen and oxygen atoms in total. The van der Waals surface area contributed by atoms with Crippen molar-refractivity contribution in [1.82, 2.24) is 0 Å². The van der Waals surface area contributed by atoms with Gasteiger partial charge in [-0.25, -0.2) is 0 Å². The normalized spacial score (nSPS) is 19.4. The van der Waals surface area contributed by atoms with Crippen molar-refractivity contribution in [3.63, 3.8) is 0 Å². The van der Waals surface area contributed by atoms with E-state index in [0.717, 1.165) is 16.5 Å². The molecular weight excluding hydrogens is 170 g/mol. The van der Waals surface area contributed by atoms with Gasteiger partial charge in [0.25, 0.3) is 0 Å². The van der Waals surface area contributed by atoms with Crippen LogP contribution < -0.4 is 0 Å². The van der Waals surface area contributed by atoms with Crippen molar-refractivity contribution >= 4 is 11.6 Å². The van der Waals surface area contributed by atoms with Gasteiger partial charge in [0.2, 0.25) is 0 Å². The van der Waals surface area contributed by atoms with Gasteiger partial charge in [0, 0.05) is 0 Å². The van der Waals surface area contributed by atoms with Gasteiger partial charge >= 0.3 is 0 Å². The zero-order valence-electron chi connectivity index (χ0n) is 7.34. The summed E-state index contributed by atoms with van der Waals surface area (Å²) < 4.78 is 0.779. The summed E-state index contributed by atoms with van der Waals surface area (Å²) in [5, 5.41) is 0. The van der Waals surface area contributed by atoms with E-state index in [-0.39, 0.29) is 0 Å². The largest absolute Gasteiger partial charge is 0.340 e. The first-order valence-electron chi connectivity index (χ1n) is 4.05. The van der Waals surface area contributed by atoms with Crippen molar-refractivity contribution in [2.24, 2.45) is 0 Å². The van der Waals surface area contributed by atoms with Gasteiger partial charge < -0.3 is 4.48 Å². The predicted molar refractivity (Wildman–Crippen MR) is 50.5 cm³/mol. The first-order chi connectivity index (χ1) is 5.61. The minimum Gasteiger partial charge on any atom is -0.340 e. The zero-order valence-corrected chi connectivity index (χ0v) is 8.10. The lowest BCUT2D eigenvalue weighted by molar-refractivity contribution is -0.872. The monoisotopic (exact) mass is 181 g/mol. The molecular formula is C10H12ClN. The van der Waals surface area contributed by atoms with Crippen LogP contribution in [0.5, 0.6) is 0 Å². The van der Waals surface area contributed by atoms with Crippen LogP contribution in [0.25, 0.3) is 0 Å². The first-order valence-corrected chi connectivity index (χ1v) is 4.43. The van der Waals surface area contributed by atoms with Crippen molar-refractivity contribution in [3.05, 3.63) is 40.9 Å². The molecule has 0 bridgehead atoms. The second kappa shape index (κ2) is 2.41. The molecule has 0 aromatic heterocycles. The third-order valence-electron chi connectivity index (χ3n) is 2.34. The lowest BCUT2D eigenvalue weighted by Gasteiger charge is -2.32. The molecule has 1 aromatic carbocycles. The number of hydrogen-bond acceptors (Lipinski definition) is 0. The smallest absolute Gasteiger partial charge is 0.0999 e. The number of fused-ring (bicyclic) bond motifs is 1. The fourth-order valence-corrected chi connectivity index (χ4v) is 1.92. The zero-order chi connectivity index (χ0) is 8.77. The van der Waals surface area contributed by atoms with E-state index >= 15 is 0 Å². The fourth-order valence-electron chi connectivity index (χ4n) is 1.68. The standard InChI is InChI=1S/C10H12ClN/c1-12(2)7-8-5-3-4-6-9(8)10(12)11/h3-6H,7H2,1-2H3. The number of quaternary nitrogens is 1. The van der Waals surface area contributed by atoms with Gasteiger partial charge in [-0.1, -0.05) is 11.6 Å². The maximum absolute atomic E-state index is 6.22. The number of benzene rings is 1. The average Bonchev–Trinajstić information content (AvgIpc) is 2.24. The Labute approximate surface area is 78.2 Å². The SMILES string of the molecule is C[N+]1(C)Cc2ccccc2[C-]1Cl. The number of halogens is 1. The van der Waals surface area contributed by atoms with Crippen LogP contribution in [0, 0.1) is 5.50 Å². The van der Waals surface area contributed by atoms with Gasteiger partial charge in [-0.3, -0.25) is 0 Å². The van der Waals surface area contributed by atoms with E-state index < -0.39 is 0 Å². The highest BCUT2D eigenvalue weighted by atomic mass is 35.5. The lowest BCUT2D eigenvalue weighted by Crippen LogP contribution is -2.35. The first kappa shape index (κ1) is 7.96. The van der Waals surface area contributed by atoms with Crippen molar-refractivity contribution in [2.45, 2.75) is 6.54 Å². The molecule has 0 spiro atoms. The van der Waals surface area contributed by atoms with Crippen molar-refractivity contribution in [1.29, 1.82) is 0 Å². The van der Waals surface area contributed by atoms with Crippen LogP contribution in [0.3, 0.4) is 0 Å². The maximum Gasteiger partial charge on any atom is 0.0999 e. The second-order valence-corrected chi connectivity index (χ2v) is 4.15. The summed E-state index contributed by atoms with van der Waals surface area (Å²) in [6.07, 6.45) is 0. The summed E-state index contributed by atoms with van der Waals surface area (Å²) >= 11 is 6.22.